The van der Waals surface area contributed by atoms with Crippen LogP contribution in [0.15, 0.2) is 15.8 Å². The Morgan fingerprint density at radius 3 is 2.00 bits per heavy atom. The normalized spacial score (nSPS) is 24.5. The second-order valence-electron chi connectivity index (χ2n) is 9.08. The van der Waals surface area contributed by atoms with Crippen molar-refractivity contribution in [1.29, 1.82) is 0 Å². The second-order valence-corrected chi connectivity index (χ2v) is 22.2. The predicted octanol–water partition coefficient (Wildman–Crippen LogP) is 4.87. The zero-order chi connectivity index (χ0) is 22.3. The van der Waals surface area contributed by atoms with Gasteiger partial charge in [0.1, 0.15) is 0 Å². The van der Waals surface area contributed by atoms with E-state index < -0.39 is 36.5 Å². The maximum absolute atomic E-state index is 15.1. The summed E-state index contributed by atoms with van der Waals surface area (Å²) in [6, 6.07) is 0. The Balaban J connectivity index is 2.57. The number of ether oxygens (including phenoxy) is 1. The van der Waals surface area contributed by atoms with Crippen LogP contribution in [0.2, 0.25) is 13.3 Å². The van der Waals surface area contributed by atoms with Crippen LogP contribution < -0.4 is 14.8 Å². The average Bonchev–Trinajstić information content (AvgIpc) is 3.02. The number of alkyl halides is 1. The van der Waals surface area contributed by atoms with Gasteiger partial charge in [0, 0.05) is 0 Å². The molecule has 2 heterocycles. The topological polar surface area (TPSA) is 64.1 Å². The fourth-order valence-corrected chi connectivity index (χ4v) is 20.9. The SMILES string of the molecule is CCC[CH2][Sn]([CH2]CCC)([CH2]CCC)[c]1cn(C2OC(CC)C(C)C2F)c(=O)[nH]c1=O. The molecule has 1 aliphatic rings. The van der Waals surface area contributed by atoms with Gasteiger partial charge in [0.15, 0.2) is 0 Å². The van der Waals surface area contributed by atoms with Crippen LogP contribution in [-0.2, 0) is 4.74 Å². The molecule has 1 aromatic heterocycles. The first-order chi connectivity index (χ1) is 14.3. The number of nitrogens with zero attached hydrogens (tertiary/aromatic N) is 1. The standard InChI is InChI=1S/C11H14FN2O3.3C4H9.Sn/c1-3-7-6(2)9(12)10(17-7)14-5-4-8(15)13-11(14)16;3*1-3-4-2;/h5-7,9-10H,3H2,1-2H3,(H,13,15,16);3*1,3-4H2,2H3;. The first-order valence-corrected chi connectivity index (χ1v) is 19.5. The van der Waals surface area contributed by atoms with Crippen LogP contribution in [0.1, 0.15) is 85.8 Å². The minimum atomic E-state index is -3.07. The molecule has 1 saturated heterocycles. The van der Waals surface area contributed by atoms with Gasteiger partial charge < -0.3 is 0 Å². The van der Waals surface area contributed by atoms with Gasteiger partial charge in [0.05, 0.1) is 0 Å². The molecule has 172 valence electrons. The number of H-pyrrole nitrogens is 1. The summed E-state index contributed by atoms with van der Waals surface area (Å²) >= 11 is -3.07. The van der Waals surface area contributed by atoms with Gasteiger partial charge in [0.2, 0.25) is 0 Å². The summed E-state index contributed by atoms with van der Waals surface area (Å²) in [6.45, 7) is 10.4. The van der Waals surface area contributed by atoms with Gasteiger partial charge in [-0.15, -0.1) is 0 Å². The Hall–Kier alpha value is -0.631. The number of hydrogen-bond acceptors (Lipinski definition) is 3. The van der Waals surface area contributed by atoms with Crippen LogP contribution in [0.5, 0.6) is 0 Å². The van der Waals surface area contributed by atoms with Crippen molar-refractivity contribution >= 4 is 22.0 Å². The van der Waals surface area contributed by atoms with Crippen molar-refractivity contribution in [1.82, 2.24) is 9.55 Å². The Bertz CT molecular complexity index is 757. The molecular weight excluding hydrogens is 490 g/mol. The van der Waals surface area contributed by atoms with E-state index in [0.717, 1.165) is 55.4 Å². The molecule has 30 heavy (non-hydrogen) atoms. The molecule has 5 nitrogen and oxygen atoms in total. The molecular formula is C23H41FN2O3Sn. The summed E-state index contributed by atoms with van der Waals surface area (Å²) in [5, 5.41) is 0. The summed E-state index contributed by atoms with van der Waals surface area (Å²) in [4.78, 5) is 28.3. The Morgan fingerprint density at radius 2 is 1.57 bits per heavy atom. The fraction of sp³-hybridized carbons (Fsp3) is 0.826. The summed E-state index contributed by atoms with van der Waals surface area (Å²) in [5.74, 6) is -0.268. The third-order valence-electron chi connectivity index (χ3n) is 6.92. The predicted molar refractivity (Wildman–Crippen MR) is 124 cm³/mol. The molecule has 1 aliphatic heterocycles. The van der Waals surface area contributed by atoms with Gasteiger partial charge in [-0.2, -0.15) is 0 Å². The van der Waals surface area contributed by atoms with E-state index >= 15 is 4.39 Å². The first kappa shape index (κ1) is 25.6. The molecule has 4 unspecified atom stereocenters. The number of rotatable bonds is 12. The number of aromatic nitrogens is 2. The number of unbranched alkanes of at least 4 members (excludes halogenated alkanes) is 3. The van der Waals surface area contributed by atoms with E-state index in [9.17, 15) is 9.59 Å². The van der Waals surface area contributed by atoms with Gasteiger partial charge >= 0.3 is 185 Å². The Kier molecular flexibility index (Phi) is 10.1. The molecule has 1 aromatic rings. The van der Waals surface area contributed by atoms with Crippen molar-refractivity contribution in [2.75, 3.05) is 0 Å². The summed E-state index contributed by atoms with van der Waals surface area (Å²) in [7, 11) is 0. The molecule has 0 aromatic carbocycles. The van der Waals surface area contributed by atoms with Crippen LogP contribution in [0.4, 0.5) is 4.39 Å². The van der Waals surface area contributed by atoms with Crippen molar-refractivity contribution in [2.45, 2.75) is 111 Å². The van der Waals surface area contributed by atoms with Crippen LogP contribution in [0.25, 0.3) is 0 Å². The third kappa shape index (κ3) is 5.59. The number of halogens is 1. The van der Waals surface area contributed by atoms with E-state index in [-0.39, 0.29) is 17.6 Å². The molecule has 7 heteroatoms. The van der Waals surface area contributed by atoms with E-state index in [0.29, 0.717) is 6.42 Å². The Morgan fingerprint density at radius 1 is 1.03 bits per heavy atom. The molecule has 0 bridgehead atoms. The van der Waals surface area contributed by atoms with Crippen molar-refractivity contribution in [3.8, 4) is 0 Å². The van der Waals surface area contributed by atoms with Crippen molar-refractivity contribution in [3.05, 3.63) is 27.0 Å². The van der Waals surface area contributed by atoms with E-state index in [2.05, 4.69) is 25.8 Å². The van der Waals surface area contributed by atoms with Crippen molar-refractivity contribution in [3.63, 3.8) is 0 Å². The molecule has 0 saturated carbocycles. The molecule has 0 radical (unpaired) electrons. The van der Waals surface area contributed by atoms with Crippen molar-refractivity contribution < 1.29 is 9.13 Å². The zero-order valence-electron chi connectivity index (χ0n) is 19.5. The van der Waals surface area contributed by atoms with Crippen molar-refractivity contribution in [2.24, 2.45) is 5.92 Å². The van der Waals surface area contributed by atoms with Gasteiger partial charge in [-0.25, -0.2) is 0 Å². The van der Waals surface area contributed by atoms with Gasteiger partial charge in [-0.3, -0.25) is 0 Å². The van der Waals surface area contributed by atoms with Crippen LogP contribution in [0.3, 0.4) is 0 Å². The van der Waals surface area contributed by atoms with E-state index in [1.807, 2.05) is 13.8 Å². The van der Waals surface area contributed by atoms with E-state index in [4.69, 9.17) is 4.74 Å². The van der Waals surface area contributed by atoms with Gasteiger partial charge in [-0.05, 0) is 0 Å². The molecule has 0 amide bonds. The average molecular weight is 531 g/mol. The fourth-order valence-electron chi connectivity index (χ4n) is 4.91. The molecule has 2 rings (SSSR count). The molecule has 0 aliphatic carbocycles. The van der Waals surface area contributed by atoms with Crippen LogP contribution in [-0.4, -0.2) is 40.2 Å². The zero-order valence-corrected chi connectivity index (χ0v) is 22.4. The molecule has 1 fully saturated rings. The number of hydrogen-bond donors (Lipinski definition) is 1. The van der Waals surface area contributed by atoms with Gasteiger partial charge in [0.25, 0.3) is 0 Å². The maximum atomic E-state index is 15.1. The monoisotopic (exact) mass is 532 g/mol. The molecule has 0 spiro atoms. The van der Waals surface area contributed by atoms with E-state index in [1.165, 1.54) is 4.57 Å². The van der Waals surface area contributed by atoms with E-state index in [1.54, 1.807) is 6.20 Å². The summed E-state index contributed by atoms with van der Waals surface area (Å²) < 4.78 is 26.6. The minimum absolute atomic E-state index is 0.208. The molecule has 1 N–H and O–H groups in total. The Labute approximate surface area is 184 Å². The number of nitrogens with one attached hydrogen (secondary N) is 1. The van der Waals surface area contributed by atoms with Crippen LogP contribution in [0, 0.1) is 5.92 Å². The van der Waals surface area contributed by atoms with Gasteiger partial charge in [-0.1, -0.05) is 0 Å². The molecule has 4 atom stereocenters. The second kappa shape index (κ2) is 11.8. The first-order valence-electron chi connectivity index (χ1n) is 12.0. The third-order valence-corrected chi connectivity index (χ3v) is 22.4. The summed E-state index contributed by atoms with van der Waals surface area (Å²) in [6.07, 6.45) is 6.66. The summed E-state index contributed by atoms with van der Waals surface area (Å²) in [5.41, 5.74) is -0.786. The quantitative estimate of drug-likeness (QED) is 0.392. The number of aromatic amines is 1. The van der Waals surface area contributed by atoms with Crippen LogP contribution >= 0.6 is 0 Å².